The van der Waals surface area contributed by atoms with E-state index in [4.69, 9.17) is 4.74 Å². The van der Waals surface area contributed by atoms with E-state index in [9.17, 15) is 10.1 Å². The third-order valence-electron chi connectivity index (χ3n) is 6.12. The number of allylic oxidation sites excluding steroid dienone is 2. The van der Waals surface area contributed by atoms with Gasteiger partial charge in [0.25, 0.3) is 5.69 Å². The molecule has 0 N–H and O–H groups in total. The van der Waals surface area contributed by atoms with Crippen LogP contribution in [-0.2, 0) is 11.8 Å². The topological polar surface area (TPSA) is 85.3 Å². The molecule has 0 amide bonds. The minimum atomic E-state index is -0.375. The second-order valence-corrected chi connectivity index (χ2v) is 9.26. The van der Waals surface area contributed by atoms with Gasteiger partial charge in [0.15, 0.2) is 0 Å². The number of para-hydroxylation sites is 1. The van der Waals surface area contributed by atoms with Gasteiger partial charge in [-0.25, -0.2) is 0 Å². The van der Waals surface area contributed by atoms with Gasteiger partial charge < -0.3 is 14.2 Å². The van der Waals surface area contributed by atoms with E-state index in [0.29, 0.717) is 13.2 Å². The van der Waals surface area contributed by atoms with Crippen molar-refractivity contribution in [2.24, 2.45) is 17.3 Å². The Morgan fingerprint density at radius 1 is 1.09 bits per heavy atom. The molecule has 1 fully saturated rings. The third kappa shape index (κ3) is 4.57. The van der Waals surface area contributed by atoms with Crippen LogP contribution in [0.2, 0.25) is 0 Å². The zero-order chi connectivity index (χ0) is 23.5. The van der Waals surface area contributed by atoms with Crippen molar-refractivity contribution in [3.05, 3.63) is 85.9 Å². The summed E-state index contributed by atoms with van der Waals surface area (Å²) in [5.74, 6) is 0. The normalized spacial score (nSPS) is 18.7. The molecule has 0 unspecified atom stereocenters. The summed E-state index contributed by atoms with van der Waals surface area (Å²) in [5, 5.41) is 20.0. The quantitative estimate of drug-likeness (QED) is 0.309. The highest BCUT2D eigenvalue weighted by Gasteiger charge is 2.25. The van der Waals surface area contributed by atoms with E-state index in [-0.39, 0.29) is 10.6 Å². The van der Waals surface area contributed by atoms with E-state index in [2.05, 4.69) is 37.9 Å². The molecule has 9 heteroatoms. The van der Waals surface area contributed by atoms with Crippen molar-refractivity contribution in [1.82, 2.24) is 9.47 Å². The lowest BCUT2D eigenvalue weighted by Gasteiger charge is -2.31. The van der Waals surface area contributed by atoms with Gasteiger partial charge in [-0.1, -0.05) is 23.5 Å². The number of thiazole rings is 1. The maximum Gasteiger partial charge on any atom is 0.269 e. The van der Waals surface area contributed by atoms with E-state index >= 15 is 0 Å². The summed E-state index contributed by atoms with van der Waals surface area (Å²) in [7, 11) is 2.01. The number of nitro groups is 1. The number of hydrogen-bond acceptors (Lipinski definition) is 7. The number of nitro benzene ring substituents is 1. The van der Waals surface area contributed by atoms with Gasteiger partial charge in [0.1, 0.15) is 0 Å². The van der Waals surface area contributed by atoms with Crippen LogP contribution in [0.5, 0.6) is 0 Å². The van der Waals surface area contributed by atoms with Crippen molar-refractivity contribution in [2.45, 2.75) is 12.8 Å². The predicted octanol–water partition coefficient (Wildman–Crippen LogP) is 4.50. The number of ether oxygens (including phenoxy) is 1. The van der Waals surface area contributed by atoms with Gasteiger partial charge in [-0.15, -0.1) is 5.10 Å². The molecule has 0 bridgehead atoms. The van der Waals surface area contributed by atoms with Crippen molar-refractivity contribution in [3.63, 3.8) is 0 Å². The Labute approximate surface area is 201 Å². The minimum Gasteiger partial charge on any atom is -0.378 e. The molecular weight excluding hydrogens is 450 g/mol. The summed E-state index contributed by atoms with van der Waals surface area (Å²) < 4.78 is 8.80. The smallest absolute Gasteiger partial charge is 0.269 e. The Morgan fingerprint density at radius 3 is 2.59 bits per heavy atom. The van der Waals surface area contributed by atoms with Crippen LogP contribution in [0, 0.1) is 10.1 Å². The average Bonchev–Trinajstić information content (AvgIpc) is 3.40. The van der Waals surface area contributed by atoms with Gasteiger partial charge in [0.2, 0.25) is 4.80 Å². The second-order valence-electron chi connectivity index (χ2n) is 8.25. The molecule has 0 radical (unpaired) electrons. The van der Waals surface area contributed by atoms with Crippen molar-refractivity contribution in [2.75, 3.05) is 26.3 Å². The summed E-state index contributed by atoms with van der Waals surface area (Å²) in [4.78, 5) is 13.8. The lowest BCUT2D eigenvalue weighted by atomic mass is 10.1. The van der Waals surface area contributed by atoms with E-state index in [1.165, 1.54) is 16.0 Å². The molecular formula is C25H25N5O3S. The number of fused-ring (bicyclic) bond motifs is 1. The maximum atomic E-state index is 11.0. The fourth-order valence-electron chi connectivity index (χ4n) is 4.39. The second kappa shape index (κ2) is 9.74. The largest absolute Gasteiger partial charge is 0.378 e. The summed E-state index contributed by atoms with van der Waals surface area (Å²) in [6, 6.07) is 14.9. The number of aryl methyl sites for hydroxylation is 1. The first kappa shape index (κ1) is 22.2. The molecule has 174 valence electrons. The van der Waals surface area contributed by atoms with Crippen LogP contribution in [0.25, 0.3) is 16.3 Å². The standard InChI is InChI=1S/C25H25N5O3S/c1-28-22-4-2-3-5-23(22)34-25(28)27-26-17-20-9-8-19(24(20)29-12-14-33-15-13-29)16-18-6-10-21(11-7-18)30(31)32/h2-7,10-11,16-17H,8-9,12-15H2,1H3/b19-16-,26-17?,27-25?. The number of aromatic nitrogens is 1. The number of hydrogen-bond donors (Lipinski definition) is 0. The number of benzene rings is 2. The van der Waals surface area contributed by atoms with Crippen LogP contribution in [-0.4, -0.2) is 46.9 Å². The molecule has 0 atom stereocenters. The molecule has 1 aromatic heterocycles. The molecule has 2 aliphatic rings. The van der Waals surface area contributed by atoms with Crippen LogP contribution in [0.1, 0.15) is 18.4 Å². The SMILES string of the molecule is Cn1c(=NN=CC2=C(N3CCOCC3)/C(=C\c3ccc([N+](=O)[O-])cc3)CC2)sc2ccccc21. The van der Waals surface area contributed by atoms with Crippen molar-refractivity contribution in [3.8, 4) is 0 Å². The fraction of sp³-hybridized carbons (Fsp3) is 0.280. The summed E-state index contributed by atoms with van der Waals surface area (Å²) in [5.41, 5.74) is 5.74. The van der Waals surface area contributed by atoms with Gasteiger partial charge in [-0.05, 0) is 59.9 Å². The van der Waals surface area contributed by atoms with E-state index in [1.807, 2.05) is 25.4 Å². The zero-order valence-corrected chi connectivity index (χ0v) is 19.7. The summed E-state index contributed by atoms with van der Waals surface area (Å²) in [6.45, 7) is 3.04. The van der Waals surface area contributed by atoms with Crippen molar-refractivity contribution >= 4 is 39.5 Å². The number of nitrogens with zero attached hydrogens (tertiary/aromatic N) is 5. The highest BCUT2D eigenvalue weighted by molar-refractivity contribution is 7.16. The molecule has 2 aromatic carbocycles. The van der Waals surface area contributed by atoms with Crippen LogP contribution in [0.3, 0.4) is 0 Å². The Kier molecular flexibility index (Phi) is 6.37. The first-order valence-corrected chi connectivity index (χ1v) is 12.0. The van der Waals surface area contributed by atoms with Crippen LogP contribution in [0.4, 0.5) is 5.69 Å². The maximum absolute atomic E-state index is 11.0. The monoisotopic (exact) mass is 475 g/mol. The molecule has 8 nitrogen and oxygen atoms in total. The zero-order valence-electron chi connectivity index (χ0n) is 18.9. The number of rotatable bonds is 5. The molecule has 1 aliphatic heterocycles. The predicted molar refractivity (Wildman–Crippen MR) is 135 cm³/mol. The summed E-state index contributed by atoms with van der Waals surface area (Å²) >= 11 is 1.62. The highest BCUT2D eigenvalue weighted by Crippen LogP contribution is 2.35. The van der Waals surface area contributed by atoms with Gasteiger partial charge in [-0.2, -0.15) is 5.10 Å². The Morgan fingerprint density at radius 2 is 1.85 bits per heavy atom. The van der Waals surface area contributed by atoms with Crippen LogP contribution >= 0.6 is 11.3 Å². The van der Waals surface area contributed by atoms with Crippen molar-refractivity contribution in [1.29, 1.82) is 0 Å². The van der Waals surface area contributed by atoms with Crippen LogP contribution in [0.15, 0.2) is 75.6 Å². The fourth-order valence-corrected chi connectivity index (χ4v) is 5.37. The Balaban J connectivity index is 1.48. The lowest BCUT2D eigenvalue weighted by Crippen LogP contribution is -2.36. The van der Waals surface area contributed by atoms with Crippen molar-refractivity contribution < 1.29 is 9.66 Å². The first-order valence-electron chi connectivity index (χ1n) is 11.2. The lowest BCUT2D eigenvalue weighted by molar-refractivity contribution is -0.384. The average molecular weight is 476 g/mol. The molecule has 2 heterocycles. The molecule has 1 saturated heterocycles. The molecule has 0 saturated carbocycles. The first-order chi connectivity index (χ1) is 16.6. The highest BCUT2D eigenvalue weighted by atomic mass is 32.1. The van der Waals surface area contributed by atoms with Gasteiger partial charge >= 0.3 is 0 Å². The number of non-ortho nitro benzene ring substituents is 1. The summed E-state index contributed by atoms with van der Waals surface area (Å²) in [6.07, 6.45) is 5.77. The Hall–Kier alpha value is -3.56. The minimum absolute atomic E-state index is 0.0985. The van der Waals surface area contributed by atoms with Gasteiger partial charge in [0.05, 0.1) is 34.6 Å². The third-order valence-corrected chi connectivity index (χ3v) is 7.22. The van der Waals surface area contributed by atoms with E-state index in [0.717, 1.165) is 47.4 Å². The van der Waals surface area contributed by atoms with E-state index < -0.39 is 0 Å². The Bertz CT molecular complexity index is 1380. The molecule has 1 aliphatic carbocycles. The molecule has 3 aromatic rings. The van der Waals surface area contributed by atoms with Gasteiger partial charge in [0, 0.05) is 38.0 Å². The molecule has 34 heavy (non-hydrogen) atoms. The number of morpholine rings is 1. The van der Waals surface area contributed by atoms with Crippen LogP contribution < -0.4 is 4.80 Å². The molecule has 5 rings (SSSR count). The molecule has 0 spiro atoms. The van der Waals surface area contributed by atoms with E-state index in [1.54, 1.807) is 35.6 Å². The van der Waals surface area contributed by atoms with Gasteiger partial charge in [-0.3, -0.25) is 10.1 Å².